The van der Waals surface area contributed by atoms with Gasteiger partial charge in [-0.2, -0.15) is 0 Å². The zero-order valence-electron chi connectivity index (χ0n) is 13.0. The van der Waals surface area contributed by atoms with Crippen LogP contribution in [0.5, 0.6) is 0 Å². The van der Waals surface area contributed by atoms with E-state index < -0.39 is 29.7 Å². The summed E-state index contributed by atoms with van der Waals surface area (Å²) >= 11 is 0. The lowest BCUT2D eigenvalue weighted by molar-refractivity contribution is -0.136. The molecule has 2 unspecified atom stereocenters. The Hall–Kier alpha value is -1.56. The molecule has 2 heterocycles. The number of allylic oxidation sites excluding steroid dienone is 3. The third kappa shape index (κ3) is 3.52. The minimum absolute atomic E-state index is 0.480. The highest BCUT2D eigenvalue weighted by molar-refractivity contribution is 5.83. The van der Waals surface area contributed by atoms with E-state index in [1.54, 1.807) is 0 Å². The van der Waals surface area contributed by atoms with Crippen LogP contribution in [-0.4, -0.2) is 43.2 Å². The molecule has 23 heavy (non-hydrogen) atoms. The van der Waals surface area contributed by atoms with Gasteiger partial charge in [-0.25, -0.2) is 13.2 Å². The third-order valence-corrected chi connectivity index (χ3v) is 4.86. The van der Waals surface area contributed by atoms with Gasteiger partial charge < -0.3 is 10.2 Å². The van der Waals surface area contributed by atoms with Gasteiger partial charge in [-0.3, -0.25) is 4.79 Å². The number of carbonyl (C=O) groups is 1. The van der Waals surface area contributed by atoms with E-state index in [1.807, 2.05) is 0 Å². The molecule has 0 aromatic heterocycles. The lowest BCUT2D eigenvalue weighted by Gasteiger charge is -2.34. The number of likely N-dealkylation sites (tertiary alicyclic amines) is 1. The summed E-state index contributed by atoms with van der Waals surface area (Å²) in [4.78, 5) is 13.9. The van der Waals surface area contributed by atoms with Crippen molar-refractivity contribution in [1.82, 2.24) is 10.2 Å². The number of alkyl halides is 1. The normalized spacial score (nSPS) is 29.3. The van der Waals surface area contributed by atoms with Gasteiger partial charge in [0.05, 0.1) is 0 Å². The molecule has 1 amide bonds. The number of hydrogen-bond acceptors (Lipinski definition) is 2. The first-order valence-electron chi connectivity index (χ1n) is 8.14. The Morgan fingerprint density at radius 1 is 1.09 bits per heavy atom. The molecule has 6 heteroatoms. The number of amides is 1. The molecule has 0 aromatic rings. The summed E-state index contributed by atoms with van der Waals surface area (Å²) in [5, 5.41) is 3.31. The van der Waals surface area contributed by atoms with Crippen LogP contribution in [0.1, 0.15) is 25.7 Å². The summed E-state index contributed by atoms with van der Waals surface area (Å²) in [5.74, 6) is -4.09. The second kappa shape index (κ2) is 6.91. The minimum Gasteiger partial charge on any atom is -0.341 e. The van der Waals surface area contributed by atoms with Crippen molar-refractivity contribution in [2.45, 2.75) is 31.9 Å². The van der Waals surface area contributed by atoms with Gasteiger partial charge in [0, 0.05) is 19.2 Å². The van der Waals surface area contributed by atoms with Gasteiger partial charge in [0.25, 0.3) is 0 Å². The van der Waals surface area contributed by atoms with E-state index in [0.717, 1.165) is 38.8 Å². The van der Waals surface area contributed by atoms with Gasteiger partial charge in [-0.15, -0.1) is 0 Å². The van der Waals surface area contributed by atoms with Crippen LogP contribution in [0.4, 0.5) is 13.2 Å². The number of piperidine rings is 2. The average molecular weight is 326 g/mol. The maximum atomic E-state index is 13.9. The molecule has 3 aliphatic rings. The lowest BCUT2D eigenvalue weighted by Crippen LogP contribution is -2.43. The number of nitrogens with one attached hydrogen (secondary N) is 1. The van der Waals surface area contributed by atoms with Crippen LogP contribution in [0.25, 0.3) is 0 Å². The van der Waals surface area contributed by atoms with Gasteiger partial charge in [-0.05, 0) is 44.8 Å². The topological polar surface area (TPSA) is 32.3 Å². The van der Waals surface area contributed by atoms with Crippen LogP contribution >= 0.6 is 0 Å². The van der Waals surface area contributed by atoms with Crippen molar-refractivity contribution in [2.75, 3.05) is 26.2 Å². The van der Waals surface area contributed by atoms with Gasteiger partial charge >= 0.3 is 0 Å². The molecule has 2 fully saturated rings. The van der Waals surface area contributed by atoms with Gasteiger partial charge in [-0.1, -0.05) is 11.1 Å². The van der Waals surface area contributed by atoms with Crippen molar-refractivity contribution >= 4 is 5.91 Å². The number of halogens is 3. The van der Waals surface area contributed by atoms with Crippen molar-refractivity contribution in [3.8, 4) is 0 Å². The van der Waals surface area contributed by atoms with E-state index in [0.29, 0.717) is 25.2 Å². The first kappa shape index (κ1) is 16.3. The molecule has 0 bridgehead atoms. The predicted molar refractivity (Wildman–Crippen MR) is 81.7 cm³/mol. The van der Waals surface area contributed by atoms with Crippen LogP contribution in [0.15, 0.2) is 35.0 Å². The van der Waals surface area contributed by atoms with Crippen LogP contribution in [0, 0.1) is 5.92 Å². The third-order valence-electron chi connectivity index (χ3n) is 4.86. The van der Waals surface area contributed by atoms with Crippen LogP contribution in [0.2, 0.25) is 0 Å². The summed E-state index contributed by atoms with van der Waals surface area (Å²) < 4.78 is 40.6. The van der Waals surface area contributed by atoms with Crippen molar-refractivity contribution in [3.63, 3.8) is 0 Å². The average Bonchev–Trinajstić information content (AvgIpc) is 2.55. The highest BCUT2D eigenvalue weighted by Crippen LogP contribution is 2.32. The number of hydrogen-bond donors (Lipinski definition) is 1. The summed E-state index contributed by atoms with van der Waals surface area (Å²) in [6.07, 6.45) is 2.94. The summed E-state index contributed by atoms with van der Waals surface area (Å²) in [7, 11) is 0. The standard InChI is InChI=1S/C17H21F3N2O/c18-13-9-14(19)16(15(20)10-13)17(23)22-7-3-12(4-8-22)11-1-5-21-6-2-11/h9-10,14,16,21H,1-8H2. The highest BCUT2D eigenvalue weighted by Gasteiger charge is 2.38. The molecule has 0 saturated carbocycles. The fourth-order valence-corrected chi connectivity index (χ4v) is 3.55. The molecular formula is C17H21F3N2O. The van der Waals surface area contributed by atoms with E-state index in [-0.39, 0.29) is 0 Å². The van der Waals surface area contributed by atoms with Crippen molar-refractivity contribution in [1.29, 1.82) is 0 Å². The Bertz CT molecular complexity index is 564. The second-order valence-electron chi connectivity index (χ2n) is 6.29. The van der Waals surface area contributed by atoms with Crippen molar-refractivity contribution in [3.05, 3.63) is 35.0 Å². The van der Waals surface area contributed by atoms with E-state index in [1.165, 1.54) is 16.0 Å². The molecule has 2 atom stereocenters. The van der Waals surface area contributed by atoms with Gasteiger partial charge in [0.15, 0.2) is 0 Å². The van der Waals surface area contributed by atoms with E-state index >= 15 is 0 Å². The zero-order valence-corrected chi connectivity index (χ0v) is 13.0. The van der Waals surface area contributed by atoms with Crippen LogP contribution < -0.4 is 5.32 Å². The quantitative estimate of drug-likeness (QED) is 0.752. The van der Waals surface area contributed by atoms with Crippen LogP contribution in [0.3, 0.4) is 0 Å². The second-order valence-corrected chi connectivity index (χ2v) is 6.29. The fourth-order valence-electron chi connectivity index (χ4n) is 3.55. The first-order chi connectivity index (χ1) is 11.1. The SMILES string of the molecule is O=C(C1C(F)=CC(F)=CC1F)N1CCC(=C2CCNCC2)CC1. The number of carbonyl (C=O) groups excluding carboxylic acids is 1. The monoisotopic (exact) mass is 326 g/mol. The maximum absolute atomic E-state index is 13.9. The molecular weight excluding hydrogens is 305 g/mol. The largest absolute Gasteiger partial charge is 0.341 e. The first-order valence-corrected chi connectivity index (χ1v) is 8.14. The van der Waals surface area contributed by atoms with Crippen molar-refractivity contribution in [2.24, 2.45) is 5.92 Å². The molecule has 2 aliphatic heterocycles. The van der Waals surface area contributed by atoms with Gasteiger partial charge in [0.2, 0.25) is 5.91 Å². The Morgan fingerprint density at radius 3 is 2.30 bits per heavy atom. The molecule has 2 saturated heterocycles. The molecule has 0 aromatic carbocycles. The smallest absolute Gasteiger partial charge is 0.235 e. The lowest BCUT2D eigenvalue weighted by atomic mass is 9.90. The molecule has 0 spiro atoms. The maximum Gasteiger partial charge on any atom is 0.235 e. The Kier molecular flexibility index (Phi) is 4.90. The Morgan fingerprint density at radius 2 is 1.70 bits per heavy atom. The summed E-state index contributed by atoms with van der Waals surface area (Å²) in [6, 6.07) is 0. The Labute approximate surface area is 133 Å². The van der Waals surface area contributed by atoms with E-state index in [4.69, 9.17) is 0 Å². The molecule has 0 radical (unpaired) electrons. The van der Waals surface area contributed by atoms with Crippen LogP contribution in [-0.2, 0) is 4.79 Å². The zero-order chi connectivity index (χ0) is 16.4. The fraction of sp³-hybridized carbons (Fsp3) is 0.588. The van der Waals surface area contributed by atoms with Crippen molar-refractivity contribution < 1.29 is 18.0 Å². The van der Waals surface area contributed by atoms with E-state index in [2.05, 4.69) is 5.32 Å². The molecule has 3 nitrogen and oxygen atoms in total. The molecule has 3 rings (SSSR count). The molecule has 1 aliphatic carbocycles. The predicted octanol–water partition coefficient (Wildman–Crippen LogP) is 2.96. The molecule has 1 N–H and O–H groups in total. The number of nitrogens with zero attached hydrogens (tertiary/aromatic N) is 1. The minimum atomic E-state index is -1.93. The summed E-state index contributed by atoms with van der Waals surface area (Å²) in [5.41, 5.74) is 2.85. The highest BCUT2D eigenvalue weighted by atomic mass is 19.2. The van der Waals surface area contributed by atoms with Gasteiger partial charge in [0.1, 0.15) is 23.7 Å². The summed E-state index contributed by atoms with van der Waals surface area (Å²) in [6.45, 7) is 2.93. The molecule has 126 valence electrons. The van der Waals surface area contributed by atoms with E-state index in [9.17, 15) is 18.0 Å². The Balaban J connectivity index is 1.63. The number of rotatable bonds is 1.